The van der Waals surface area contributed by atoms with Crippen molar-refractivity contribution in [2.75, 3.05) is 0 Å². The summed E-state index contributed by atoms with van der Waals surface area (Å²) in [5, 5.41) is 12.4. The van der Waals surface area contributed by atoms with Crippen LogP contribution in [0.15, 0.2) is 60.8 Å². The topological polar surface area (TPSA) is 70.4 Å². The number of aromatic carboxylic acids is 1. The van der Waals surface area contributed by atoms with Crippen LogP contribution in [-0.4, -0.2) is 25.7 Å². The van der Waals surface area contributed by atoms with Gasteiger partial charge in [0.25, 0.3) is 0 Å². The highest BCUT2D eigenvalue weighted by Gasteiger charge is 2.21. The number of aromatic amines is 1. The molecule has 6 heteroatoms. The fraction of sp³-hybridized carbons (Fsp3) is 0. The summed E-state index contributed by atoms with van der Waals surface area (Å²) < 4.78 is 14.7. The average Bonchev–Trinajstić information content (AvgIpc) is 3.15. The van der Waals surface area contributed by atoms with Crippen LogP contribution >= 0.6 is 0 Å². The minimum absolute atomic E-state index is 0.0375. The third kappa shape index (κ3) is 2.16. The summed E-state index contributed by atoms with van der Waals surface area (Å²) in [6.45, 7) is 0. The highest BCUT2D eigenvalue weighted by Crippen LogP contribution is 2.35. The molecule has 0 unspecified atom stereocenters. The maximum absolute atomic E-state index is 13.2. The predicted octanol–water partition coefficient (Wildman–Crippen LogP) is 3.83. The van der Waals surface area contributed by atoms with Gasteiger partial charge >= 0.3 is 5.97 Å². The fourth-order valence-electron chi connectivity index (χ4n) is 2.78. The summed E-state index contributed by atoms with van der Waals surface area (Å²) in [5.74, 6) is -1.41. The number of benzene rings is 2. The van der Waals surface area contributed by atoms with Gasteiger partial charge in [0.2, 0.25) is 0 Å². The van der Waals surface area contributed by atoms with Crippen molar-refractivity contribution in [1.82, 2.24) is 14.6 Å². The normalized spacial score (nSPS) is 11.0. The first-order valence-electron chi connectivity index (χ1n) is 7.29. The molecule has 0 fully saturated rings. The highest BCUT2D eigenvalue weighted by molar-refractivity contribution is 5.94. The first kappa shape index (κ1) is 14.2. The van der Waals surface area contributed by atoms with Gasteiger partial charge in [-0.3, -0.25) is 5.10 Å². The Morgan fingerprint density at radius 1 is 1.04 bits per heavy atom. The minimum Gasteiger partial charge on any atom is -0.476 e. The molecule has 4 rings (SSSR count). The molecule has 2 heterocycles. The van der Waals surface area contributed by atoms with Gasteiger partial charge in [0, 0.05) is 5.56 Å². The second-order valence-electron chi connectivity index (χ2n) is 5.34. The molecular formula is C18H12FN3O2. The van der Waals surface area contributed by atoms with Gasteiger partial charge in [0.1, 0.15) is 5.82 Å². The summed E-state index contributed by atoms with van der Waals surface area (Å²) in [5.41, 5.74) is 3.65. The standard InChI is InChI=1S/C18H12FN3O2/c19-13-8-6-12(7-9-13)16-15(11-4-2-1-3-5-11)17-20-10-14(18(23)24)22(17)21-16/h1-10,21H,(H,23,24). The van der Waals surface area contributed by atoms with Crippen LogP contribution in [0.2, 0.25) is 0 Å². The Balaban J connectivity index is 2.04. The summed E-state index contributed by atoms with van der Waals surface area (Å²) in [7, 11) is 0. The Labute approximate surface area is 136 Å². The van der Waals surface area contributed by atoms with Crippen LogP contribution in [0.25, 0.3) is 28.0 Å². The zero-order chi connectivity index (χ0) is 16.7. The Bertz CT molecular complexity index is 1030. The number of H-pyrrole nitrogens is 1. The number of rotatable bonds is 3. The van der Waals surface area contributed by atoms with Gasteiger partial charge in [-0.05, 0) is 29.8 Å². The second kappa shape index (κ2) is 5.34. The largest absolute Gasteiger partial charge is 0.476 e. The number of imidazole rings is 1. The van der Waals surface area contributed by atoms with E-state index in [-0.39, 0.29) is 11.5 Å². The van der Waals surface area contributed by atoms with Gasteiger partial charge in [0.15, 0.2) is 11.3 Å². The number of aromatic nitrogens is 3. The monoisotopic (exact) mass is 321 g/mol. The SMILES string of the molecule is O=C(O)c1cnc2c(-c3ccccc3)c(-c3ccc(F)cc3)[nH]n12. The average molecular weight is 321 g/mol. The molecule has 0 aliphatic carbocycles. The number of halogens is 1. The van der Waals surface area contributed by atoms with E-state index in [0.717, 1.165) is 16.7 Å². The van der Waals surface area contributed by atoms with Crippen molar-refractivity contribution in [1.29, 1.82) is 0 Å². The molecule has 0 aliphatic heterocycles. The lowest BCUT2D eigenvalue weighted by molar-refractivity contribution is 0.0688. The summed E-state index contributed by atoms with van der Waals surface area (Å²) >= 11 is 0. The van der Waals surface area contributed by atoms with E-state index >= 15 is 0 Å². The Kier molecular flexibility index (Phi) is 3.16. The van der Waals surface area contributed by atoms with Crippen molar-refractivity contribution in [3.63, 3.8) is 0 Å². The van der Waals surface area contributed by atoms with E-state index < -0.39 is 5.97 Å². The van der Waals surface area contributed by atoms with E-state index in [1.807, 2.05) is 30.3 Å². The van der Waals surface area contributed by atoms with E-state index in [9.17, 15) is 14.3 Å². The van der Waals surface area contributed by atoms with Crippen molar-refractivity contribution in [3.05, 3.63) is 72.3 Å². The van der Waals surface area contributed by atoms with E-state index in [1.165, 1.54) is 22.8 Å². The molecule has 118 valence electrons. The number of fused-ring (bicyclic) bond motifs is 1. The van der Waals surface area contributed by atoms with Crippen LogP contribution in [-0.2, 0) is 0 Å². The van der Waals surface area contributed by atoms with Crippen LogP contribution in [0.1, 0.15) is 10.5 Å². The van der Waals surface area contributed by atoms with E-state index in [1.54, 1.807) is 12.1 Å². The predicted molar refractivity (Wildman–Crippen MR) is 87.3 cm³/mol. The molecule has 0 aliphatic rings. The molecule has 2 aromatic carbocycles. The number of carbonyl (C=O) groups is 1. The summed E-state index contributed by atoms with van der Waals surface area (Å²) in [4.78, 5) is 15.6. The number of hydrogen-bond donors (Lipinski definition) is 2. The Morgan fingerprint density at radius 2 is 1.75 bits per heavy atom. The van der Waals surface area contributed by atoms with E-state index in [0.29, 0.717) is 11.3 Å². The number of hydrogen-bond acceptors (Lipinski definition) is 2. The van der Waals surface area contributed by atoms with Crippen LogP contribution in [0.3, 0.4) is 0 Å². The lowest BCUT2D eigenvalue weighted by atomic mass is 10.0. The molecule has 0 atom stereocenters. The van der Waals surface area contributed by atoms with Gasteiger partial charge in [-0.15, -0.1) is 0 Å². The summed E-state index contributed by atoms with van der Waals surface area (Å²) in [6.07, 6.45) is 1.31. The molecule has 5 nitrogen and oxygen atoms in total. The lowest BCUT2D eigenvalue weighted by Crippen LogP contribution is -2.01. The Morgan fingerprint density at radius 3 is 2.42 bits per heavy atom. The highest BCUT2D eigenvalue weighted by atomic mass is 19.1. The zero-order valence-electron chi connectivity index (χ0n) is 12.4. The maximum Gasteiger partial charge on any atom is 0.356 e. The molecule has 2 aromatic heterocycles. The molecule has 0 saturated heterocycles. The smallest absolute Gasteiger partial charge is 0.356 e. The first-order chi connectivity index (χ1) is 11.6. The van der Waals surface area contributed by atoms with Crippen LogP contribution in [0.4, 0.5) is 4.39 Å². The molecule has 4 aromatic rings. The number of carboxylic acid groups (broad SMARTS) is 1. The van der Waals surface area contributed by atoms with Gasteiger partial charge in [-0.1, -0.05) is 30.3 Å². The van der Waals surface area contributed by atoms with Crippen LogP contribution in [0, 0.1) is 5.82 Å². The molecule has 0 bridgehead atoms. The quantitative estimate of drug-likeness (QED) is 0.602. The molecule has 0 spiro atoms. The van der Waals surface area contributed by atoms with Crippen LogP contribution in [0.5, 0.6) is 0 Å². The number of nitrogens with one attached hydrogen (secondary N) is 1. The Hall–Kier alpha value is -3.41. The number of nitrogens with zero attached hydrogens (tertiary/aromatic N) is 2. The van der Waals surface area contributed by atoms with Gasteiger partial charge < -0.3 is 5.11 Å². The molecule has 24 heavy (non-hydrogen) atoms. The summed E-state index contributed by atoms with van der Waals surface area (Å²) in [6, 6.07) is 15.6. The van der Waals surface area contributed by atoms with Gasteiger partial charge in [-0.25, -0.2) is 18.7 Å². The first-order valence-corrected chi connectivity index (χ1v) is 7.29. The van der Waals surface area contributed by atoms with Crippen LogP contribution < -0.4 is 0 Å². The molecule has 2 N–H and O–H groups in total. The number of carboxylic acids is 1. The van der Waals surface area contributed by atoms with Crippen molar-refractivity contribution in [3.8, 4) is 22.4 Å². The van der Waals surface area contributed by atoms with Crippen molar-refractivity contribution < 1.29 is 14.3 Å². The second-order valence-corrected chi connectivity index (χ2v) is 5.34. The van der Waals surface area contributed by atoms with Gasteiger partial charge in [-0.2, -0.15) is 0 Å². The van der Waals surface area contributed by atoms with Crippen molar-refractivity contribution >= 4 is 11.6 Å². The zero-order valence-corrected chi connectivity index (χ0v) is 12.4. The van der Waals surface area contributed by atoms with Crippen molar-refractivity contribution in [2.24, 2.45) is 0 Å². The molecule has 0 saturated carbocycles. The molecule has 0 radical (unpaired) electrons. The fourth-order valence-corrected chi connectivity index (χ4v) is 2.78. The van der Waals surface area contributed by atoms with Gasteiger partial charge in [0.05, 0.1) is 17.5 Å². The molecular weight excluding hydrogens is 309 g/mol. The van der Waals surface area contributed by atoms with E-state index in [2.05, 4.69) is 10.1 Å². The third-order valence-electron chi connectivity index (χ3n) is 3.87. The third-order valence-corrected chi connectivity index (χ3v) is 3.87. The minimum atomic E-state index is -1.07. The molecule has 0 amide bonds. The maximum atomic E-state index is 13.2. The lowest BCUT2D eigenvalue weighted by Gasteiger charge is -2.04. The van der Waals surface area contributed by atoms with E-state index in [4.69, 9.17) is 0 Å². The van der Waals surface area contributed by atoms with Crippen molar-refractivity contribution in [2.45, 2.75) is 0 Å².